The van der Waals surface area contributed by atoms with Crippen molar-refractivity contribution < 1.29 is 5.11 Å². The van der Waals surface area contributed by atoms with Gasteiger partial charge in [0.15, 0.2) is 0 Å². The molecule has 3 rings (SSSR count). The van der Waals surface area contributed by atoms with E-state index >= 15 is 0 Å². The van der Waals surface area contributed by atoms with Crippen molar-refractivity contribution in [3.8, 4) is 0 Å². The van der Waals surface area contributed by atoms with Gasteiger partial charge in [0.1, 0.15) is 0 Å². The lowest BCUT2D eigenvalue weighted by molar-refractivity contribution is 0.0464. The number of hydrogen-bond donors (Lipinski definition) is 1. The van der Waals surface area contributed by atoms with Gasteiger partial charge in [-0.3, -0.25) is 4.90 Å². The number of aryl methyl sites for hydroxylation is 1. The van der Waals surface area contributed by atoms with E-state index in [1.807, 2.05) is 0 Å². The fourth-order valence-electron chi connectivity index (χ4n) is 3.87. The van der Waals surface area contributed by atoms with E-state index in [2.05, 4.69) is 30.0 Å². The van der Waals surface area contributed by atoms with Gasteiger partial charge >= 0.3 is 0 Å². The predicted molar refractivity (Wildman–Crippen MR) is 82.9 cm³/mol. The second-order valence-corrected chi connectivity index (χ2v) is 6.47. The number of piperidine rings is 1. The van der Waals surface area contributed by atoms with Crippen LogP contribution >= 0.6 is 0 Å². The summed E-state index contributed by atoms with van der Waals surface area (Å²) < 4.78 is 0. The monoisotopic (exact) mass is 273 g/mol. The Hall–Kier alpha value is -0.860. The third-order valence-electron chi connectivity index (χ3n) is 5.17. The molecule has 0 bridgehead atoms. The van der Waals surface area contributed by atoms with E-state index in [4.69, 9.17) is 0 Å². The number of nitrogens with zero attached hydrogens (tertiary/aromatic N) is 1. The van der Waals surface area contributed by atoms with E-state index < -0.39 is 0 Å². The Labute approximate surface area is 122 Å². The summed E-state index contributed by atoms with van der Waals surface area (Å²) >= 11 is 0. The minimum Gasteiger partial charge on any atom is -0.387 e. The number of benzene rings is 1. The highest BCUT2D eigenvalue weighted by molar-refractivity contribution is 5.38. The summed E-state index contributed by atoms with van der Waals surface area (Å²) in [5, 5.41) is 10.9. The van der Waals surface area contributed by atoms with Crippen LogP contribution in [0, 0.1) is 0 Å². The Morgan fingerprint density at radius 1 is 1.00 bits per heavy atom. The highest BCUT2D eigenvalue weighted by atomic mass is 16.3. The molecule has 1 aromatic carbocycles. The van der Waals surface area contributed by atoms with Crippen molar-refractivity contribution in [3.05, 3.63) is 34.9 Å². The normalized spacial score (nSPS) is 23.1. The maximum Gasteiger partial charge on any atom is 0.0945 e. The third-order valence-corrected chi connectivity index (χ3v) is 5.17. The van der Waals surface area contributed by atoms with Gasteiger partial charge < -0.3 is 5.11 Å². The average Bonchev–Trinajstić information content (AvgIpc) is 2.54. The molecule has 0 amide bonds. The summed E-state index contributed by atoms with van der Waals surface area (Å²) in [6, 6.07) is 6.76. The number of fused-ring (bicyclic) bond motifs is 1. The molecule has 1 fully saturated rings. The molecule has 1 heterocycles. The first-order valence-electron chi connectivity index (χ1n) is 8.30. The first-order chi connectivity index (χ1) is 9.77. The Balaban J connectivity index is 1.80. The van der Waals surface area contributed by atoms with Crippen molar-refractivity contribution in [1.82, 2.24) is 4.90 Å². The van der Waals surface area contributed by atoms with Gasteiger partial charge in [0.25, 0.3) is 0 Å². The van der Waals surface area contributed by atoms with Gasteiger partial charge in [-0.05, 0) is 75.2 Å². The van der Waals surface area contributed by atoms with Gasteiger partial charge in [0.2, 0.25) is 0 Å². The van der Waals surface area contributed by atoms with Gasteiger partial charge in [0, 0.05) is 6.04 Å². The molecule has 0 radical (unpaired) electrons. The highest BCUT2D eigenvalue weighted by Crippen LogP contribution is 2.31. The van der Waals surface area contributed by atoms with Gasteiger partial charge in [-0.1, -0.05) is 24.6 Å². The second-order valence-electron chi connectivity index (χ2n) is 6.47. The van der Waals surface area contributed by atoms with E-state index in [9.17, 15) is 5.11 Å². The lowest BCUT2D eigenvalue weighted by Gasteiger charge is -2.36. The second kappa shape index (κ2) is 6.28. The minimum absolute atomic E-state index is 0.240. The van der Waals surface area contributed by atoms with E-state index in [0.29, 0.717) is 0 Å². The van der Waals surface area contributed by atoms with Crippen LogP contribution in [0.4, 0.5) is 0 Å². The van der Waals surface area contributed by atoms with Crippen LogP contribution in [0.15, 0.2) is 18.2 Å². The summed E-state index contributed by atoms with van der Waals surface area (Å²) in [6.45, 7) is 4.48. The lowest BCUT2D eigenvalue weighted by atomic mass is 9.85. The van der Waals surface area contributed by atoms with Crippen LogP contribution in [0.2, 0.25) is 0 Å². The number of rotatable bonds is 3. The van der Waals surface area contributed by atoms with Crippen LogP contribution in [-0.2, 0) is 12.8 Å². The van der Waals surface area contributed by atoms with Crippen LogP contribution < -0.4 is 0 Å². The van der Waals surface area contributed by atoms with E-state index in [1.165, 1.54) is 55.2 Å². The fraction of sp³-hybridized carbons (Fsp3) is 0.667. The lowest BCUT2D eigenvalue weighted by Crippen LogP contribution is -2.41. The molecule has 0 saturated carbocycles. The summed E-state index contributed by atoms with van der Waals surface area (Å²) in [4.78, 5) is 2.47. The largest absolute Gasteiger partial charge is 0.387 e. The van der Waals surface area contributed by atoms with E-state index in [0.717, 1.165) is 19.5 Å². The first-order valence-corrected chi connectivity index (χ1v) is 8.30. The maximum absolute atomic E-state index is 10.9. The van der Waals surface area contributed by atoms with E-state index in [-0.39, 0.29) is 12.1 Å². The molecule has 0 unspecified atom stereocenters. The zero-order valence-electron chi connectivity index (χ0n) is 12.6. The predicted octanol–water partition coefficient (Wildman–Crippen LogP) is 3.47. The molecule has 1 N–H and O–H groups in total. The van der Waals surface area contributed by atoms with Gasteiger partial charge in [-0.15, -0.1) is 0 Å². The molecule has 1 aliphatic carbocycles. The van der Waals surface area contributed by atoms with Crippen LogP contribution in [0.1, 0.15) is 61.8 Å². The standard InChI is InChI=1S/C18H27NO/c1-14(19-12-5-2-6-13-19)18(20)17-11-7-9-15-8-3-4-10-16(15)17/h7,9,11,14,18,20H,2-6,8,10,12-13H2,1H3/t14-,18-/m1/s1. The fourth-order valence-corrected chi connectivity index (χ4v) is 3.87. The van der Waals surface area contributed by atoms with Crippen molar-refractivity contribution >= 4 is 0 Å². The SMILES string of the molecule is C[C@H]([C@@H](O)c1cccc2c1CCCC2)N1CCCCC1. The van der Waals surface area contributed by atoms with Crippen molar-refractivity contribution in [1.29, 1.82) is 0 Å². The summed E-state index contributed by atoms with van der Waals surface area (Å²) in [6.07, 6.45) is 8.49. The molecule has 2 atom stereocenters. The van der Waals surface area contributed by atoms with Crippen molar-refractivity contribution in [2.24, 2.45) is 0 Å². The number of hydrogen-bond acceptors (Lipinski definition) is 2. The van der Waals surface area contributed by atoms with Gasteiger partial charge in [-0.2, -0.15) is 0 Å². The highest BCUT2D eigenvalue weighted by Gasteiger charge is 2.27. The maximum atomic E-state index is 10.9. The number of aliphatic hydroxyl groups excluding tert-OH is 1. The van der Waals surface area contributed by atoms with Crippen molar-refractivity contribution in [2.45, 2.75) is 64.0 Å². The zero-order valence-corrected chi connectivity index (χ0v) is 12.6. The minimum atomic E-state index is -0.332. The third kappa shape index (κ3) is 2.77. The molecule has 2 heteroatoms. The topological polar surface area (TPSA) is 23.5 Å². The quantitative estimate of drug-likeness (QED) is 0.911. The smallest absolute Gasteiger partial charge is 0.0945 e. The summed E-state index contributed by atoms with van der Waals surface area (Å²) in [5.74, 6) is 0. The molecule has 0 aromatic heterocycles. The summed E-state index contributed by atoms with van der Waals surface area (Å²) in [7, 11) is 0. The molecule has 1 aliphatic heterocycles. The molecular weight excluding hydrogens is 246 g/mol. The number of likely N-dealkylation sites (tertiary alicyclic amines) is 1. The van der Waals surface area contributed by atoms with Crippen molar-refractivity contribution in [3.63, 3.8) is 0 Å². The Bertz CT molecular complexity index is 451. The Kier molecular flexibility index (Phi) is 4.42. The molecule has 110 valence electrons. The molecule has 1 aromatic rings. The van der Waals surface area contributed by atoms with Crippen LogP contribution in [0.25, 0.3) is 0 Å². The van der Waals surface area contributed by atoms with Crippen LogP contribution in [0.5, 0.6) is 0 Å². The van der Waals surface area contributed by atoms with E-state index in [1.54, 1.807) is 0 Å². The van der Waals surface area contributed by atoms with Gasteiger partial charge in [0.05, 0.1) is 6.10 Å². The van der Waals surface area contributed by atoms with Crippen molar-refractivity contribution in [2.75, 3.05) is 13.1 Å². The molecule has 0 spiro atoms. The Morgan fingerprint density at radius 3 is 2.55 bits per heavy atom. The van der Waals surface area contributed by atoms with Gasteiger partial charge in [-0.25, -0.2) is 0 Å². The molecule has 2 aliphatic rings. The molecule has 2 nitrogen and oxygen atoms in total. The van der Waals surface area contributed by atoms with Crippen LogP contribution in [-0.4, -0.2) is 29.1 Å². The summed E-state index contributed by atoms with van der Waals surface area (Å²) in [5.41, 5.74) is 4.11. The molecular formula is C18H27NO. The van der Waals surface area contributed by atoms with Crippen LogP contribution in [0.3, 0.4) is 0 Å². The molecule has 1 saturated heterocycles. The average molecular weight is 273 g/mol. The zero-order chi connectivity index (χ0) is 13.9. The Morgan fingerprint density at radius 2 is 1.75 bits per heavy atom. The number of aliphatic hydroxyl groups is 1. The molecule has 20 heavy (non-hydrogen) atoms. The first kappa shape index (κ1) is 14.1.